The molecule has 0 atom stereocenters. The maximum Gasteiger partial charge on any atom is 0.216 e. The first kappa shape index (κ1) is 11.9. The first-order chi connectivity index (χ1) is 10.2. The molecule has 0 aliphatic heterocycles. The van der Waals surface area contributed by atoms with Gasteiger partial charge in [-0.2, -0.15) is 13.8 Å². The Hall–Kier alpha value is -2.89. The summed E-state index contributed by atoms with van der Waals surface area (Å²) in [4.78, 5) is 14.7. The molecule has 0 saturated heterocycles. The van der Waals surface area contributed by atoms with E-state index in [0.717, 1.165) is 28.4 Å². The Balaban J connectivity index is 1.96. The zero-order valence-corrected chi connectivity index (χ0v) is 10.6. The fraction of sp³-hybridized carbons (Fsp3) is 0. The first-order valence-electron chi connectivity index (χ1n) is 6.26. The number of hydrogen-bond acceptors (Lipinski definition) is 3. The molecule has 0 radical (unpaired) electrons. The van der Waals surface area contributed by atoms with Gasteiger partial charge in [-0.1, -0.05) is 0 Å². The topological polar surface area (TPSA) is 54.5 Å². The number of aromatic nitrogens is 4. The number of hydrogen-bond donors (Lipinski definition) is 1. The summed E-state index contributed by atoms with van der Waals surface area (Å²) in [6.07, 6.45) is 3.44. The second kappa shape index (κ2) is 4.31. The van der Waals surface area contributed by atoms with Crippen LogP contribution in [0, 0.1) is 11.9 Å². The maximum absolute atomic E-state index is 13.2. The van der Waals surface area contributed by atoms with E-state index in [4.69, 9.17) is 0 Å². The minimum absolute atomic E-state index is 0.346. The normalized spacial score (nSPS) is 11.3. The fourth-order valence-corrected chi connectivity index (χ4v) is 2.39. The van der Waals surface area contributed by atoms with Crippen molar-refractivity contribution in [2.24, 2.45) is 0 Å². The van der Waals surface area contributed by atoms with Gasteiger partial charge in [0.25, 0.3) is 0 Å². The highest BCUT2D eigenvalue weighted by Crippen LogP contribution is 2.26. The summed E-state index contributed by atoms with van der Waals surface area (Å²) >= 11 is 0. The molecule has 0 saturated carbocycles. The molecular weight excluding hydrogens is 274 g/mol. The second-order valence-corrected chi connectivity index (χ2v) is 4.64. The number of halogens is 2. The average Bonchev–Trinajstić information content (AvgIpc) is 2.83. The smallest absolute Gasteiger partial charge is 0.216 e. The molecule has 0 bridgehead atoms. The lowest BCUT2D eigenvalue weighted by atomic mass is 10.1. The summed E-state index contributed by atoms with van der Waals surface area (Å²) in [7, 11) is 0. The van der Waals surface area contributed by atoms with Crippen molar-refractivity contribution >= 4 is 21.9 Å². The summed E-state index contributed by atoms with van der Waals surface area (Å²) in [5.41, 5.74) is 2.38. The third-order valence-electron chi connectivity index (χ3n) is 3.32. The van der Waals surface area contributed by atoms with E-state index in [1.807, 2.05) is 12.1 Å². The number of nitrogens with zero attached hydrogens (tertiary/aromatic N) is 3. The molecule has 0 amide bonds. The first-order valence-corrected chi connectivity index (χ1v) is 6.26. The Kier molecular flexibility index (Phi) is 2.44. The number of pyridine rings is 3. The van der Waals surface area contributed by atoms with Crippen LogP contribution in [0.15, 0.2) is 42.7 Å². The van der Waals surface area contributed by atoms with Gasteiger partial charge in [0.2, 0.25) is 11.9 Å². The van der Waals surface area contributed by atoms with Crippen molar-refractivity contribution in [1.29, 1.82) is 0 Å². The van der Waals surface area contributed by atoms with E-state index in [1.54, 1.807) is 18.5 Å². The maximum atomic E-state index is 13.2. The van der Waals surface area contributed by atoms with Gasteiger partial charge in [0.05, 0.1) is 11.2 Å². The summed E-state index contributed by atoms with van der Waals surface area (Å²) in [5.74, 6) is -1.74. The Morgan fingerprint density at radius 1 is 0.905 bits per heavy atom. The third-order valence-corrected chi connectivity index (χ3v) is 3.32. The van der Waals surface area contributed by atoms with Gasteiger partial charge in [-0.3, -0.25) is 4.98 Å². The van der Waals surface area contributed by atoms with Gasteiger partial charge in [0, 0.05) is 40.9 Å². The van der Waals surface area contributed by atoms with Gasteiger partial charge in [0.1, 0.15) is 5.65 Å². The highest BCUT2D eigenvalue weighted by atomic mass is 19.1. The average molecular weight is 282 g/mol. The summed E-state index contributed by atoms with van der Waals surface area (Å²) in [6, 6.07) is 7.73. The van der Waals surface area contributed by atoms with Crippen LogP contribution in [0.2, 0.25) is 0 Å². The lowest BCUT2D eigenvalue weighted by molar-refractivity contribution is 0.513. The fourth-order valence-electron chi connectivity index (χ4n) is 2.39. The Morgan fingerprint density at radius 3 is 2.52 bits per heavy atom. The summed E-state index contributed by atoms with van der Waals surface area (Å²) in [5, 5.41) is 1.87. The predicted molar refractivity (Wildman–Crippen MR) is 74.5 cm³/mol. The van der Waals surface area contributed by atoms with E-state index in [-0.39, 0.29) is 0 Å². The van der Waals surface area contributed by atoms with Crippen LogP contribution in [0.5, 0.6) is 0 Å². The highest BCUT2D eigenvalue weighted by Gasteiger charge is 2.09. The van der Waals surface area contributed by atoms with Gasteiger partial charge in [-0.15, -0.1) is 0 Å². The summed E-state index contributed by atoms with van der Waals surface area (Å²) in [6.45, 7) is 0. The van der Waals surface area contributed by atoms with Crippen LogP contribution in [0.1, 0.15) is 0 Å². The monoisotopic (exact) mass is 282 g/mol. The lowest BCUT2D eigenvalue weighted by Crippen LogP contribution is -1.91. The van der Waals surface area contributed by atoms with E-state index >= 15 is 0 Å². The number of aromatic amines is 1. The quantitative estimate of drug-likeness (QED) is 0.544. The van der Waals surface area contributed by atoms with Crippen molar-refractivity contribution in [3.63, 3.8) is 0 Å². The van der Waals surface area contributed by atoms with Crippen molar-refractivity contribution in [2.45, 2.75) is 0 Å². The van der Waals surface area contributed by atoms with E-state index in [2.05, 4.69) is 19.9 Å². The Labute approximate surface area is 117 Å². The Bertz CT molecular complexity index is 958. The van der Waals surface area contributed by atoms with Gasteiger partial charge >= 0.3 is 0 Å². The van der Waals surface area contributed by atoms with Gasteiger partial charge in [-0.25, -0.2) is 4.98 Å². The molecule has 4 nitrogen and oxygen atoms in total. The van der Waals surface area contributed by atoms with Crippen molar-refractivity contribution in [1.82, 2.24) is 19.9 Å². The van der Waals surface area contributed by atoms with Crippen molar-refractivity contribution in [3.8, 4) is 11.3 Å². The molecule has 4 aromatic rings. The van der Waals surface area contributed by atoms with E-state index in [0.29, 0.717) is 16.9 Å². The molecule has 4 aromatic heterocycles. The van der Waals surface area contributed by atoms with Crippen molar-refractivity contribution < 1.29 is 8.78 Å². The van der Waals surface area contributed by atoms with Crippen LogP contribution < -0.4 is 0 Å². The molecule has 4 heterocycles. The minimum atomic E-state index is -0.868. The van der Waals surface area contributed by atoms with Crippen LogP contribution in [0.3, 0.4) is 0 Å². The zero-order valence-electron chi connectivity index (χ0n) is 10.6. The van der Waals surface area contributed by atoms with Gasteiger partial charge in [-0.05, 0) is 18.2 Å². The van der Waals surface area contributed by atoms with Crippen molar-refractivity contribution in [3.05, 3.63) is 54.6 Å². The van der Waals surface area contributed by atoms with Crippen LogP contribution in [0.4, 0.5) is 8.78 Å². The molecule has 4 rings (SSSR count). The Morgan fingerprint density at radius 2 is 1.71 bits per heavy atom. The highest BCUT2D eigenvalue weighted by molar-refractivity contribution is 6.05. The SMILES string of the molecule is Fc1cc(-c2ccc3c(n2)[nH]c2ccncc23)cc(F)n1. The lowest BCUT2D eigenvalue weighted by Gasteiger charge is -2.01. The standard InChI is InChI=1S/C15H8F2N4/c16-13-5-8(6-14(17)21-13)11-2-1-9-10-7-18-4-3-12(10)20-15(9)19-11/h1-7H,(H,19,20). The largest absolute Gasteiger partial charge is 0.339 e. The molecule has 0 aliphatic carbocycles. The van der Waals surface area contributed by atoms with E-state index in [1.165, 1.54) is 0 Å². The molecule has 6 heteroatoms. The van der Waals surface area contributed by atoms with Crippen LogP contribution >= 0.6 is 0 Å². The number of fused-ring (bicyclic) bond motifs is 3. The minimum Gasteiger partial charge on any atom is -0.339 e. The molecule has 0 spiro atoms. The number of nitrogens with one attached hydrogen (secondary N) is 1. The molecule has 0 fully saturated rings. The molecule has 21 heavy (non-hydrogen) atoms. The van der Waals surface area contributed by atoms with Gasteiger partial charge < -0.3 is 4.98 Å². The number of rotatable bonds is 1. The molecule has 102 valence electrons. The second-order valence-electron chi connectivity index (χ2n) is 4.64. The van der Waals surface area contributed by atoms with E-state index in [9.17, 15) is 8.78 Å². The van der Waals surface area contributed by atoms with Gasteiger partial charge in [0.15, 0.2) is 0 Å². The third kappa shape index (κ3) is 1.92. The van der Waals surface area contributed by atoms with Crippen LogP contribution in [0.25, 0.3) is 33.2 Å². The molecule has 0 aromatic carbocycles. The van der Waals surface area contributed by atoms with Crippen LogP contribution in [-0.4, -0.2) is 19.9 Å². The number of H-pyrrole nitrogens is 1. The van der Waals surface area contributed by atoms with Crippen molar-refractivity contribution in [2.75, 3.05) is 0 Å². The summed E-state index contributed by atoms with van der Waals surface area (Å²) < 4.78 is 26.4. The molecule has 0 aliphatic rings. The van der Waals surface area contributed by atoms with Crippen LogP contribution in [-0.2, 0) is 0 Å². The predicted octanol–water partition coefficient (Wildman–Crippen LogP) is 3.45. The molecular formula is C15H8F2N4. The van der Waals surface area contributed by atoms with E-state index < -0.39 is 11.9 Å². The zero-order chi connectivity index (χ0) is 14.4. The molecule has 1 N–H and O–H groups in total. The molecule has 0 unspecified atom stereocenters.